The Kier molecular flexibility index (Phi) is 7.37. The minimum absolute atomic E-state index is 0.0254. The van der Waals surface area contributed by atoms with Gasteiger partial charge >= 0.3 is 5.97 Å². The molecule has 0 radical (unpaired) electrons. The van der Waals surface area contributed by atoms with Crippen molar-refractivity contribution in [1.82, 2.24) is 0 Å². The molecule has 0 saturated heterocycles. The lowest BCUT2D eigenvalue weighted by Gasteiger charge is -2.12. The standard InChI is InChI=1S/C24H24O7S/c1-3-11-30-21-12-17(14-24(25)26)13-23(16-21)32(27,28)22-6-4-5-20(15-22)31-19-9-7-18(29-2)8-10-19/h4-10,12-13,15-16H,3,11,14H2,1-2H3,(H,25,26). The molecule has 0 aliphatic heterocycles. The Balaban J connectivity index is 1.94. The smallest absolute Gasteiger partial charge is 0.307 e. The quantitative estimate of drug-likeness (QED) is 0.470. The van der Waals surface area contributed by atoms with Crippen LogP contribution in [-0.4, -0.2) is 33.2 Å². The van der Waals surface area contributed by atoms with Crippen LogP contribution in [0.25, 0.3) is 0 Å². The van der Waals surface area contributed by atoms with E-state index in [4.69, 9.17) is 19.3 Å². The Bertz CT molecular complexity index is 1190. The molecule has 3 aromatic carbocycles. The molecule has 7 nitrogen and oxygen atoms in total. The molecule has 0 amide bonds. The van der Waals surface area contributed by atoms with Gasteiger partial charge in [0, 0.05) is 0 Å². The van der Waals surface area contributed by atoms with Gasteiger partial charge in [-0.15, -0.1) is 0 Å². The van der Waals surface area contributed by atoms with E-state index in [9.17, 15) is 13.2 Å². The van der Waals surface area contributed by atoms with E-state index in [-0.39, 0.29) is 16.2 Å². The van der Waals surface area contributed by atoms with Crippen LogP contribution in [0.15, 0.2) is 76.5 Å². The normalized spacial score (nSPS) is 11.1. The largest absolute Gasteiger partial charge is 0.497 e. The van der Waals surface area contributed by atoms with Gasteiger partial charge in [0.15, 0.2) is 0 Å². The number of carbonyl (C=O) groups is 1. The molecule has 1 N–H and O–H groups in total. The number of rotatable bonds is 10. The Morgan fingerprint density at radius 2 is 1.56 bits per heavy atom. The molecular formula is C24H24O7S. The molecule has 0 heterocycles. The molecule has 0 fully saturated rings. The van der Waals surface area contributed by atoms with Gasteiger partial charge in [0.1, 0.15) is 23.0 Å². The average Bonchev–Trinajstić information content (AvgIpc) is 2.78. The van der Waals surface area contributed by atoms with E-state index in [0.717, 1.165) is 6.42 Å². The monoisotopic (exact) mass is 456 g/mol. The van der Waals surface area contributed by atoms with Gasteiger partial charge in [-0.05, 0) is 72.6 Å². The van der Waals surface area contributed by atoms with Gasteiger partial charge in [-0.25, -0.2) is 8.42 Å². The fourth-order valence-electron chi connectivity index (χ4n) is 2.99. The number of methoxy groups -OCH3 is 1. The van der Waals surface area contributed by atoms with Crippen LogP contribution in [0.3, 0.4) is 0 Å². The van der Waals surface area contributed by atoms with Crippen molar-refractivity contribution in [3.63, 3.8) is 0 Å². The molecule has 0 aliphatic rings. The minimum Gasteiger partial charge on any atom is -0.497 e. The third-order valence-corrected chi connectivity index (χ3v) is 6.22. The van der Waals surface area contributed by atoms with E-state index in [1.165, 1.54) is 24.3 Å². The molecule has 32 heavy (non-hydrogen) atoms. The van der Waals surface area contributed by atoms with Gasteiger partial charge in [-0.1, -0.05) is 13.0 Å². The summed E-state index contributed by atoms with van der Waals surface area (Å²) in [5.74, 6) is 0.807. The molecule has 0 unspecified atom stereocenters. The van der Waals surface area contributed by atoms with Crippen LogP contribution in [0.2, 0.25) is 0 Å². The van der Waals surface area contributed by atoms with E-state index in [2.05, 4.69) is 0 Å². The highest BCUT2D eigenvalue weighted by Crippen LogP contribution is 2.30. The Labute approximate surface area is 187 Å². The highest BCUT2D eigenvalue weighted by atomic mass is 32.2. The first-order chi connectivity index (χ1) is 15.3. The number of sulfone groups is 1. The summed E-state index contributed by atoms with van der Waals surface area (Å²) in [5.41, 5.74) is 0.343. The topological polar surface area (TPSA) is 99.1 Å². The van der Waals surface area contributed by atoms with Crippen molar-refractivity contribution in [2.75, 3.05) is 13.7 Å². The summed E-state index contributed by atoms with van der Waals surface area (Å²) >= 11 is 0. The van der Waals surface area contributed by atoms with E-state index in [0.29, 0.717) is 35.2 Å². The second-order valence-corrected chi connectivity index (χ2v) is 8.94. The van der Waals surface area contributed by atoms with Crippen molar-refractivity contribution >= 4 is 15.8 Å². The summed E-state index contributed by atoms with van der Waals surface area (Å²) in [4.78, 5) is 11.2. The van der Waals surface area contributed by atoms with Gasteiger partial charge in [-0.2, -0.15) is 0 Å². The fraction of sp³-hybridized carbons (Fsp3) is 0.208. The number of ether oxygens (including phenoxy) is 3. The molecule has 3 aromatic rings. The maximum Gasteiger partial charge on any atom is 0.307 e. The first-order valence-corrected chi connectivity index (χ1v) is 11.5. The van der Waals surface area contributed by atoms with Gasteiger partial charge < -0.3 is 19.3 Å². The molecule has 0 bridgehead atoms. The second-order valence-electron chi connectivity index (χ2n) is 6.99. The number of hydrogen-bond donors (Lipinski definition) is 1. The molecule has 8 heteroatoms. The maximum atomic E-state index is 13.3. The van der Waals surface area contributed by atoms with E-state index < -0.39 is 15.8 Å². The van der Waals surface area contributed by atoms with Crippen LogP contribution in [0, 0.1) is 0 Å². The predicted octanol–water partition coefficient (Wildman–Crippen LogP) is 4.74. The maximum absolute atomic E-state index is 13.3. The summed E-state index contributed by atoms with van der Waals surface area (Å²) in [6.45, 7) is 2.31. The highest BCUT2D eigenvalue weighted by molar-refractivity contribution is 7.91. The molecular weight excluding hydrogens is 432 g/mol. The van der Waals surface area contributed by atoms with Crippen molar-refractivity contribution in [2.45, 2.75) is 29.6 Å². The molecule has 0 spiro atoms. The Hall–Kier alpha value is -3.52. The number of carboxylic acids is 1. The van der Waals surface area contributed by atoms with E-state index in [1.54, 1.807) is 49.6 Å². The lowest BCUT2D eigenvalue weighted by atomic mass is 10.1. The molecule has 168 valence electrons. The number of hydrogen-bond acceptors (Lipinski definition) is 6. The Morgan fingerprint density at radius 3 is 2.22 bits per heavy atom. The highest BCUT2D eigenvalue weighted by Gasteiger charge is 2.21. The SMILES string of the molecule is CCCOc1cc(CC(=O)O)cc(S(=O)(=O)c2cccc(Oc3ccc(OC)cc3)c2)c1. The van der Waals surface area contributed by atoms with Crippen molar-refractivity contribution in [2.24, 2.45) is 0 Å². The van der Waals surface area contributed by atoms with Crippen molar-refractivity contribution in [3.8, 4) is 23.0 Å². The average molecular weight is 457 g/mol. The summed E-state index contributed by atoms with van der Waals surface area (Å²) in [6, 6.07) is 17.4. The predicted molar refractivity (Wildman–Crippen MR) is 119 cm³/mol. The van der Waals surface area contributed by atoms with Crippen LogP contribution >= 0.6 is 0 Å². The van der Waals surface area contributed by atoms with Crippen LogP contribution in [-0.2, 0) is 21.1 Å². The summed E-state index contributed by atoms with van der Waals surface area (Å²) in [7, 11) is -2.38. The summed E-state index contributed by atoms with van der Waals surface area (Å²) in [5, 5.41) is 9.14. The summed E-state index contributed by atoms with van der Waals surface area (Å²) in [6.07, 6.45) is 0.419. The van der Waals surface area contributed by atoms with Crippen LogP contribution in [0.5, 0.6) is 23.0 Å². The fourth-order valence-corrected chi connectivity index (χ4v) is 4.37. The van der Waals surface area contributed by atoms with Crippen molar-refractivity contribution in [3.05, 3.63) is 72.3 Å². The molecule has 0 atom stereocenters. The zero-order chi connectivity index (χ0) is 23.1. The molecule has 0 saturated carbocycles. The summed E-state index contributed by atoms with van der Waals surface area (Å²) < 4.78 is 43.1. The first kappa shape index (κ1) is 23.1. The number of aliphatic carboxylic acids is 1. The third-order valence-electron chi connectivity index (χ3n) is 4.49. The van der Waals surface area contributed by atoms with E-state index in [1.807, 2.05) is 6.92 Å². The third kappa shape index (κ3) is 5.79. The number of carboxylic acid groups (broad SMARTS) is 1. The van der Waals surface area contributed by atoms with Crippen LogP contribution in [0.1, 0.15) is 18.9 Å². The van der Waals surface area contributed by atoms with Crippen LogP contribution in [0.4, 0.5) is 0 Å². The second kappa shape index (κ2) is 10.2. The lowest BCUT2D eigenvalue weighted by molar-refractivity contribution is -0.136. The molecule has 3 rings (SSSR count). The first-order valence-electron chi connectivity index (χ1n) is 9.97. The molecule has 0 aromatic heterocycles. The van der Waals surface area contributed by atoms with Crippen molar-refractivity contribution < 1.29 is 32.5 Å². The van der Waals surface area contributed by atoms with Gasteiger partial charge in [0.2, 0.25) is 9.84 Å². The minimum atomic E-state index is -3.94. The number of benzene rings is 3. The molecule has 0 aliphatic carbocycles. The van der Waals surface area contributed by atoms with Crippen molar-refractivity contribution in [1.29, 1.82) is 0 Å². The zero-order valence-corrected chi connectivity index (χ0v) is 18.6. The lowest BCUT2D eigenvalue weighted by Crippen LogP contribution is -2.07. The Morgan fingerprint density at radius 1 is 0.875 bits per heavy atom. The van der Waals surface area contributed by atoms with Gasteiger partial charge in [0.25, 0.3) is 0 Å². The van der Waals surface area contributed by atoms with Gasteiger partial charge in [-0.3, -0.25) is 4.79 Å². The van der Waals surface area contributed by atoms with E-state index >= 15 is 0 Å². The van der Waals surface area contributed by atoms with Crippen LogP contribution < -0.4 is 14.2 Å². The zero-order valence-electron chi connectivity index (χ0n) is 17.8. The van der Waals surface area contributed by atoms with Gasteiger partial charge in [0.05, 0.1) is 29.9 Å².